The number of thioether (sulfide) groups is 1. The second-order valence-corrected chi connectivity index (χ2v) is 7.30. The van der Waals surface area contributed by atoms with Crippen LogP contribution in [0.2, 0.25) is 0 Å². The lowest BCUT2D eigenvalue weighted by atomic mass is 10.1. The molecule has 0 saturated carbocycles. The first-order valence-corrected chi connectivity index (χ1v) is 7.86. The summed E-state index contributed by atoms with van der Waals surface area (Å²) in [4.78, 5) is 25.6. The Morgan fingerprint density at radius 1 is 1.32 bits per heavy atom. The second-order valence-electron chi connectivity index (χ2n) is 6.30. The van der Waals surface area contributed by atoms with Crippen molar-refractivity contribution in [2.24, 2.45) is 0 Å². The lowest BCUT2D eigenvalue weighted by Gasteiger charge is -2.25. The molecule has 0 unspecified atom stereocenters. The monoisotopic (exact) mass is 316 g/mol. The summed E-state index contributed by atoms with van der Waals surface area (Å²) in [6, 6.07) is 2.04. The number of rotatable bonds is 2. The molecule has 116 valence electrons. The van der Waals surface area contributed by atoms with E-state index in [1.165, 1.54) is 0 Å². The summed E-state index contributed by atoms with van der Waals surface area (Å²) in [5.41, 5.74) is 3.12. The van der Waals surface area contributed by atoms with Gasteiger partial charge >= 0.3 is 0 Å². The van der Waals surface area contributed by atoms with Crippen LogP contribution in [0.4, 0.5) is 4.79 Å². The molecule has 1 saturated heterocycles. The van der Waals surface area contributed by atoms with E-state index in [9.17, 15) is 9.59 Å². The molecule has 1 aromatic heterocycles. The molecule has 1 aliphatic rings. The highest BCUT2D eigenvalue weighted by molar-refractivity contribution is 8.18. The Morgan fingerprint density at radius 2 is 1.95 bits per heavy atom. The van der Waals surface area contributed by atoms with E-state index < -0.39 is 0 Å². The van der Waals surface area contributed by atoms with Crippen molar-refractivity contribution in [1.82, 2.24) is 9.47 Å². The number of carbonyl (C=O) groups is 2. The molecule has 2 heterocycles. The first-order valence-electron chi connectivity index (χ1n) is 7.05. The third kappa shape index (κ3) is 2.84. The summed E-state index contributed by atoms with van der Waals surface area (Å²) < 4.78 is 2.23. The number of amides is 2. The number of terminal acetylenes is 1. The van der Waals surface area contributed by atoms with Crippen molar-refractivity contribution in [2.75, 3.05) is 6.54 Å². The molecule has 0 radical (unpaired) electrons. The van der Waals surface area contributed by atoms with Crippen molar-refractivity contribution in [3.8, 4) is 12.3 Å². The van der Waals surface area contributed by atoms with Gasteiger partial charge in [-0.1, -0.05) is 5.92 Å². The predicted molar refractivity (Wildman–Crippen MR) is 90.4 cm³/mol. The molecule has 1 aromatic rings. The number of nitrogens with zero attached hydrogens (tertiary/aromatic N) is 2. The summed E-state index contributed by atoms with van der Waals surface area (Å²) in [5, 5.41) is -0.307. The molecular weight excluding hydrogens is 296 g/mol. The minimum atomic E-state index is -0.312. The van der Waals surface area contributed by atoms with Gasteiger partial charge in [-0.3, -0.25) is 14.5 Å². The van der Waals surface area contributed by atoms with Crippen LogP contribution in [0.25, 0.3) is 6.08 Å². The summed E-state index contributed by atoms with van der Waals surface area (Å²) in [5.74, 6) is 2.03. The number of hydrogen-bond acceptors (Lipinski definition) is 3. The lowest BCUT2D eigenvalue weighted by molar-refractivity contribution is -0.122. The van der Waals surface area contributed by atoms with Crippen LogP contribution >= 0.6 is 11.8 Å². The molecule has 0 N–H and O–H groups in total. The zero-order chi connectivity index (χ0) is 16.7. The summed E-state index contributed by atoms with van der Waals surface area (Å²) in [7, 11) is 0. The quantitative estimate of drug-likeness (QED) is 0.619. The highest BCUT2D eigenvalue weighted by Gasteiger charge is 2.34. The van der Waals surface area contributed by atoms with Crippen LogP contribution in [0.15, 0.2) is 11.0 Å². The summed E-state index contributed by atoms with van der Waals surface area (Å²) in [6.45, 7) is 10.5. The average Bonchev–Trinajstić information content (AvgIpc) is 2.81. The summed E-state index contributed by atoms with van der Waals surface area (Å²) in [6.07, 6.45) is 6.98. The largest absolute Gasteiger partial charge is 0.343 e. The molecule has 0 atom stereocenters. The SMILES string of the molecule is C#CCN1C(=O)S/C(=C/c2cc(C)n(C(C)(C)C)c2C)C1=O. The van der Waals surface area contributed by atoms with Gasteiger partial charge in [0, 0.05) is 16.9 Å². The van der Waals surface area contributed by atoms with Crippen molar-refractivity contribution >= 4 is 29.0 Å². The molecule has 22 heavy (non-hydrogen) atoms. The van der Waals surface area contributed by atoms with Gasteiger partial charge in [0.25, 0.3) is 11.1 Å². The van der Waals surface area contributed by atoms with Gasteiger partial charge in [-0.15, -0.1) is 6.42 Å². The fourth-order valence-electron chi connectivity index (χ4n) is 2.83. The van der Waals surface area contributed by atoms with E-state index in [0.29, 0.717) is 4.91 Å². The van der Waals surface area contributed by atoms with Gasteiger partial charge in [0.15, 0.2) is 0 Å². The van der Waals surface area contributed by atoms with E-state index in [0.717, 1.165) is 33.6 Å². The first-order chi connectivity index (χ1) is 10.2. The zero-order valence-corrected chi connectivity index (χ0v) is 14.4. The molecule has 0 aromatic carbocycles. The Kier molecular flexibility index (Phi) is 4.25. The predicted octanol–water partition coefficient (Wildman–Crippen LogP) is 3.53. The van der Waals surface area contributed by atoms with Crippen molar-refractivity contribution in [1.29, 1.82) is 0 Å². The Balaban J connectivity index is 2.42. The van der Waals surface area contributed by atoms with Crippen LogP contribution in [-0.4, -0.2) is 27.2 Å². The fraction of sp³-hybridized carbons (Fsp3) is 0.412. The Morgan fingerprint density at radius 3 is 2.45 bits per heavy atom. The third-order valence-corrected chi connectivity index (χ3v) is 4.46. The maximum absolute atomic E-state index is 12.2. The number of aromatic nitrogens is 1. The molecule has 0 spiro atoms. The highest BCUT2D eigenvalue weighted by Crippen LogP contribution is 2.34. The number of hydrogen-bond donors (Lipinski definition) is 0. The summed E-state index contributed by atoms with van der Waals surface area (Å²) >= 11 is 0.942. The standard InChI is InChI=1S/C17H20N2O2S/c1-7-8-18-15(20)14(22-16(18)21)10-13-9-11(2)19(12(13)3)17(4,5)6/h1,9-10H,8H2,2-6H3/b14-10+. The van der Waals surface area contributed by atoms with Gasteiger partial charge in [-0.2, -0.15) is 0 Å². The van der Waals surface area contributed by atoms with Crippen molar-refractivity contribution < 1.29 is 9.59 Å². The maximum atomic E-state index is 12.2. The molecular formula is C17H20N2O2S. The van der Waals surface area contributed by atoms with Crippen LogP contribution in [-0.2, 0) is 10.3 Å². The topological polar surface area (TPSA) is 42.3 Å². The maximum Gasteiger partial charge on any atom is 0.294 e. The van der Waals surface area contributed by atoms with Gasteiger partial charge in [-0.25, -0.2) is 0 Å². The molecule has 0 aliphatic carbocycles. The van der Waals surface area contributed by atoms with Crippen LogP contribution in [0, 0.1) is 26.2 Å². The number of aryl methyl sites for hydroxylation is 1. The number of carbonyl (C=O) groups excluding carboxylic acids is 2. The highest BCUT2D eigenvalue weighted by atomic mass is 32.2. The van der Waals surface area contributed by atoms with E-state index in [1.54, 1.807) is 6.08 Å². The first kappa shape index (κ1) is 16.4. The van der Waals surface area contributed by atoms with Crippen LogP contribution in [0.1, 0.15) is 37.7 Å². The smallest absolute Gasteiger partial charge is 0.294 e. The van der Waals surface area contributed by atoms with E-state index in [1.807, 2.05) is 19.9 Å². The van der Waals surface area contributed by atoms with Gasteiger partial charge < -0.3 is 4.57 Å². The molecule has 2 rings (SSSR count). The second kappa shape index (κ2) is 5.69. The van der Waals surface area contributed by atoms with Crippen LogP contribution < -0.4 is 0 Å². The van der Waals surface area contributed by atoms with E-state index in [-0.39, 0.29) is 23.2 Å². The van der Waals surface area contributed by atoms with Crippen molar-refractivity contribution in [3.05, 3.63) is 27.9 Å². The van der Waals surface area contributed by atoms with Gasteiger partial charge in [-0.05, 0) is 64.1 Å². The molecule has 2 amide bonds. The Labute approximate surface area is 135 Å². The Hall–Kier alpha value is -1.93. The minimum absolute atomic E-state index is 0.0169. The fourth-order valence-corrected chi connectivity index (χ4v) is 3.66. The van der Waals surface area contributed by atoms with E-state index in [2.05, 4.69) is 31.3 Å². The molecule has 1 aliphatic heterocycles. The normalized spacial score (nSPS) is 17.5. The van der Waals surface area contributed by atoms with Crippen molar-refractivity contribution in [3.63, 3.8) is 0 Å². The van der Waals surface area contributed by atoms with Gasteiger partial charge in [0.2, 0.25) is 0 Å². The third-order valence-electron chi connectivity index (χ3n) is 3.55. The Bertz CT molecular complexity index is 714. The van der Waals surface area contributed by atoms with Gasteiger partial charge in [0.1, 0.15) is 0 Å². The molecule has 5 heteroatoms. The van der Waals surface area contributed by atoms with E-state index >= 15 is 0 Å². The molecule has 0 bridgehead atoms. The van der Waals surface area contributed by atoms with Gasteiger partial charge in [0.05, 0.1) is 11.4 Å². The lowest BCUT2D eigenvalue weighted by Crippen LogP contribution is -2.28. The average molecular weight is 316 g/mol. The molecule has 4 nitrogen and oxygen atoms in total. The van der Waals surface area contributed by atoms with Crippen LogP contribution in [0.5, 0.6) is 0 Å². The van der Waals surface area contributed by atoms with Crippen LogP contribution in [0.3, 0.4) is 0 Å². The zero-order valence-electron chi connectivity index (χ0n) is 13.6. The van der Waals surface area contributed by atoms with E-state index in [4.69, 9.17) is 6.42 Å². The minimum Gasteiger partial charge on any atom is -0.343 e. The molecule has 1 fully saturated rings. The number of imide groups is 1. The van der Waals surface area contributed by atoms with Crippen molar-refractivity contribution in [2.45, 2.75) is 40.2 Å².